The lowest BCUT2D eigenvalue weighted by atomic mass is 10.2. The molecule has 1 aromatic heterocycles. The third-order valence-corrected chi connectivity index (χ3v) is 1.84. The second-order valence-electron chi connectivity index (χ2n) is 2.79. The lowest BCUT2D eigenvalue weighted by Crippen LogP contribution is -2.33. The summed E-state index contributed by atoms with van der Waals surface area (Å²) >= 11 is 0. The standard InChI is InChI=1S/C7H11N3O3/c1-10-4(3-9-7(10)13)2-5(8)6(11)12/h3,5H,2,8H2,1H3,(H,9,13)(H,11,12). The molecule has 0 bridgehead atoms. The zero-order valence-electron chi connectivity index (χ0n) is 7.15. The Morgan fingerprint density at radius 1 is 1.85 bits per heavy atom. The third kappa shape index (κ3) is 1.97. The minimum Gasteiger partial charge on any atom is -0.480 e. The summed E-state index contributed by atoms with van der Waals surface area (Å²) in [4.78, 5) is 23.7. The van der Waals surface area contributed by atoms with Crippen molar-refractivity contribution in [3.05, 3.63) is 22.4 Å². The molecule has 0 aromatic carbocycles. The fraction of sp³-hybridized carbons (Fsp3) is 0.429. The van der Waals surface area contributed by atoms with Crippen LogP contribution < -0.4 is 11.4 Å². The van der Waals surface area contributed by atoms with Gasteiger partial charge in [-0.25, -0.2) is 4.79 Å². The number of nitrogens with zero attached hydrogens (tertiary/aromatic N) is 1. The number of nitrogens with two attached hydrogens (primary N) is 1. The number of carbonyl (C=O) groups is 1. The first kappa shape index (κ1) is 9.53. The number of H-pyrrole nitrogens is 1. The van der Waals surface area contributed by atoms with Crippen LogP contribution in [-0.4, -0.2) is 26.7 Å². The Morgan fingerprint density at radius 2 is 2.46 bits per heavy atom. The monoisotopic (exact) mass is 185 g/mol. The molecule has 13 heavy (non-hydrogen) atoms. The summed E-state index contributed by atoms with van der Waals surface area (Å²) in [6.07, 6.45) is 1.61. The van der Waals surface area contributed by atoms with E-state index in [9.17, 15) is 9.59 Å². The molecule has 0 aliphatic rings. The quantitative estimate of drug-likeness (QED) is 0.543. The zero-order valence-corrected chi connectivity index (χ0v) is 7.15. The molecular weight excluding hydrogens is 174 g/mol. The summed E-state index contributed by atoms with van der Waals surface area (Å²) in [7, 11) is 1.56. The molecule has 0 saturated heterocycles. The average Bonchev–Trinajstić information content (AvgIpc) is 2.36. The average molecular weight is 185 g/mol. The van der Waals surface area contributed by atoms with E-state index >= 15 is 0 Å². The van der Waals surface area contributed by atoms with Crippen LogP contribution in [-0.2, 0) is 18.3 Å². The molecule has 6 heteroatoms. The largest absolute Gasteiger partial charge is 0.480 e. The van der Waals surface area contributed by atoms with Crippen molar-refractivity contribution in [2.75, 3.05) is 0 Å². The number of aliphatic carboxylic acids is 1. The maximum Gasteiger partial charge on any atom is 0.325 e. The van der Waals surface area contributed by atoms with Gasteiger partial charge in [0, 0.05) is 25.4 Å². The van der Waals surface area contributed by atoms with Crippen LogP contribution in [0.5, 0.6) is 0 Å². The van der Waals surface area contributed by atoms with Crippen molar-refractivity contribution in [3.8, 4) is 0 Å². The van der Waals surface area contributed by atoms with Crippen LogP contribution in [0.2, 0.25) is 0 Å². The molecular formula is C7H11N3O3. The number of aromatic amines is 1. The number of hydrogen-bond acceptors (Lipinski definition) is 3. The fourth-order valence-corrected chi connectivity index (χ4v) is 0.978. The first-order chi connectivity index (χ1) is 6.02. The number of hydrogen-bond donors (Lipinski definition) is 3. The van der Waals surface area contributed by atoms with Crippen LogP contribution in [0, 0.1) is 0 Å². The van der Waals surface area contributed by atoms with Gasteiger partial charge in [-0.3, -0.25) is 9.36 Å². The third-order valence-electron chi connectivity index (χ3n) is 1.84. The molecule has 1 atom stereocenters. The molecule has 0 spiro atoms. The molecule has 0 aliphatic heterocycles. The van der Waals surface area contributed by atoms with Crippen LogP contribution in [0.25, 0.3) is 0 Å². The number of carboxylic acids is 1. The number of imidazole rings is 1. The van der Waals surface area contributed by atoms with Gasteiger partial charge >= 0.3 is 11.7 Å². The van der Waals surface area contributed by atoms with Gasteiger partial charge in [0.05, 0.1) is 0 Å². The Hall–Kier alpha value is -1.56. The summed E-state index contributed by atoms with van der Waals surface area (Å²) in [6.45, 7) is 0. The summed E-state index contributed by atoms with van der Waals surface area (Å²) in [5, 5.41) is 8.52. The van der Waals surface area contributed by atoms with Crippen molar-refractivity contribution in [2.24, 2.45) is 12.8 Å². The molecule has 6 nitrogen and oxygen atoms in total. The minimum atomic E-state index is -1.08. The van der Waals surface area contributed by atoms with E-state index < -0.39 is 12.0 Å². The summed E-state index contributed by atoms with van der Waals surface area (Å²) in [6, 6.07) is -0.971. The van der Waals surface area contributed by atoms with E-state index in [1.54, 1.807) is 7.05 Å². The van der Waals surface area contributed by atoms with Gasteiger partial charge in [0.2, 0.25) is 0 Å². The Bertz CT molecular complexity index is 365. The zero-order chi connectivity index (χ0) is 10.0. The lowest BCUT2D eigenvalue weighted by molar-refractivity contribution is -0.138. The molecule has 0 saturated carbocycles. The van der Waals surface area contributed by atoms with Gasteiger partial charge in [-0.1, -0.05) is 0 Å². The van der Waals surface area contributed by atoms with Gasteiger partial charge in [0.25, 0.3) is 0 Å². The normalized spacial score (nSPS) is 12.8. The maximum atomic E-state index is 10.9. The van der Waals surface area contributed by atoms with Crippen LogP contribution in [0.4, 0.5) is 0 Å². The molecule has 1 unspecified atom stereocenters. The Morgan fingerprint density at radius 3 is 2.85 bits per heavy atom. The number of nitrogens with one attached hydrogen (secondary N) is 1. The SMILES string of the molecule is Cn1c(CC(N)C(=O)O)c[nH]c1=O. The van der Waals surface area contributed by atoms with E-state index in [0.29, 0.717) is 5.69 Å². The highest BCUT2D eigenvalue weighted by molar-refractivity contribution is 5.73. The van der Waals surface area contributed by atoms with Gasteiger partial charge in [0.15, 0.2) is 0 Å². The van der Waals surface area contributed by atoms with Gasteiger partial charge in [0.1, 0.15) is 6.04 Å². The van der Waals surface area contributed by atoms with E-state index in [0.717, 1.165) is 0 Å². The van der Waals surface area contributed by atoms with Gasteiger partial charge in [-0.05, 0) is 0 Å². The molecule has 1 heterocycles. The smallest absolute Gasteiger partial charge is 0.325 e. The second-order valence-corrected chi connectivity index (χ2v) is 2.79. The van der Waals surface area contributed by atoms with Crippen molar-refractivity contribution in [3.63, 3.8) is 0 Å². The topological polar surface area (TPSA) is 101 Å². The van der Waals surface area contributed by atoms with Crippen molar-refractivity contribution in [1.82, 2.24) is 9.55 Å². The molecule has 0 fully saturated rings. The first-order valence-electron chi connectivity index (χ1n) is 3.74. The minimum absolute atomic E-state index is 0.143. The van der Waals surface area contributed by atoms with Crippen molar-refractivity contribution in [2.45, 2.75) is 12.5 Å². The van der Waals surface area contributed by atoms with Crippen molar-refractivity contribution in [1.29, 1.82) is 0 Å². The fourth-order valence-electron chi connectivity index (χ4n) is 0.978. The first-order valence-corrected chi connectivity index (χ1v) is 3.74. The van der Waals surface area contributed by atoms with Gasteiger partial charge in [-0.15, -0.1) is 0 Å². The Labute approximate surface area is 74.0 Å². The van der Waals surface area contributed by atoms with E-state index in [-0.39, 0.29) is 12.1 Å². The predicted octanol–water partition coefficient (Wildman–Crippen LogP) is -1.33. The second kappa shape index (κ2) is 3.44. The summed E-state index contributed by atoms with van der Waals surface area (Å²) in [5.74, 6) is -1.08. The highest BCUT2D eigenvalue weighted by Gasteiger charge is 2.14. The Balaban J connectivity index is 2.80. The summed E-state index contributed by atoms with van der Waals surface area (Å²) in [5.41, 5.74) is 5.61. The van der Waals surface area contributed by atoms with Gasteiger partial charge in [-0.2, -0.15) is 0 Å². The predicted molar refractivity (Wildman–Crippen MR) is 45.3 cm³/mol. The molecule has 4 N–H and O–H groups in total. The number of aromatic nitrogens is 2. The number of rotatable bonds is 3. The maximum absolute atomic E-state index is 10.9. The van der Waals surface area contributed by atoms with Gasteiger partial charge < -0.3 is 15.8 Å². The molecule has 0 amide bonds. The van der Waals surface area contributed by atoms with E-state index in [1.165, 1.54) is 10.8 Å². The molecule has 1 rings (SSSR count). The molecule has 0 aliphatic carbocycles. The summed E-state index contributed by atoms with van der Waals surface area (Å²) < 4.78 is 1.34. The van der Waals surface area contributed by atoms with E-state index in [4.69, 9.17) is 10.8 Å². The van der Waals surface area contributed by atoms with Crippen LogP contribution in [0.15, 0.2) is 11.0 Å². The Kier molecular flexibility index (Phi) is 2.52. The lowest BCUT2D eigenvalue weighted by Gasteiger charge is -2.05. The van der Waals surface area contributed by atoms with Crippen LogP contribution in [0.3, 0.4) is 0 Å². The highest BCUT2D eigenvalue weighted by atomic mass is 16.4. The molecule has 0 radical (unpaired) electrons. The molecule has 72 valence electrons. The van der Waals surface area contributed by atoms with E-state index in [1.807, 2.05) is 0 Å². The van der Waals surface area contributed by atoms with Crippen molar-refractivity contribution >= 4 is 5.97 Å². The van der Waals surface area contributed by atoms with Crippen LogP contribution >= 0.6 is 0 Å². The molecule has 1 aromatic rings. The highest BCUT2D eigenvalue weighted by Crippen LogP contribution is 1.97. The van der Waals surface area contributed by atoms with E-state index in [2.05, 4.69) is 4.98 Å². The number of carboxylic acid groups (broad SMARTS) is 1. The van der Waals surface area contributed by atoms with Crippen molar-refractivity contribution < 1.29 is 9.90 Å². The van der Waals surface area contributed by atoms with Crippen LogP contribution in [0.1, 0.15) is 5.69 Å².